The minimum Gasteiger partial charge on any atom is -0.424 e. The van der Waals surface area contributed by atoms with Crippen LogP contribution in [0, 0.1) is 0 Å². The molecule has 12 heavy (non-hydrogen) atoms. The summed E-state index contributed by atoms with van der Waals surface area (Å²) >= 11 is 0. The van der Waals surface area contributed by atoms with Crippen LogP contribution in [0.3, 0.4) is 0 Å². The molecule has 0 amide bonds. The molecule has 1 atom stereocenters. The second kappa shape index (κ2) is 2.94. The van der Waals surface area contributed by atoms with Crippen molar-refractivity contribution in [1.82, 2.24) is 0 Å². The Labute approximate surface area is 73.9 Å². The third-order valence-electron chi connectivity index (χ3n) is 2.52. The van der Waals surface area contributed by atoms with Gasteiger partial charge in [0.2, 0.25) is 0 Å². The highest BCUT2D eigenvalue weighted by molar-refractivity contribution is 6.67. The molecule has 1 aliphatic rings. The Morgan fingerprint density at radius 1 is 1.42 bits per heavy atom. The summed E-state index contributed by atoms with van der Waals surface area (Å²) < 4.78 is 5.78. The molecule has 0 aromatic heterocycles. The molecule has 0 N–H and O–H groups in total. The summed E-state index contributed by atoms with van der Waals surface area (Å²) in [6, 6.07) is 8.50. The summed E-state index contributed by atoms with van der Waals surface area (Å²) in [7, 11) is 0. The topological polar surface area (TPSA) is 9.23 Å². The van der Waals surface area contributed by atoms with Crippen LogP contribution < -0.4 is 5.46 Å². The van der Waals surface area contributed by atoms with Gasteiger partial charge in [-0.05, 0) is 17.4 Å². The van der Waals surface area contributed by atoms with Gasteiger partial charge in [-0.15, -0.1) is 0 Å². The molecule has 1 aromatic carbocycles. The molecule has 1 nitrogen and oxygen atoms in total. The second-order valence-corrected chi connectivity index (χ2v) is 3.30. The first-order valence-electron chi connectivity index (χ1n) is 4.57. The maximum Gasteiger partial charge on any atom is 0.324 e. The van der Waals surface area contributed by atoms with Crippen molar-refractivity contribution in [3.63, 3.8) is 0 Å². The third kappa shape index (κ3) is 1.07. The number of rotatable bonds is 1. The predicted octanol–water partition coefficient (Wildman–Crippen LogP) is 2.00. The van der Waals surface area contributed by atoms with Crippen LogP contribution in [0.2, 0.25) is 6.82 Å². The predicted molar refractivity (Wildman–Crippen MR) is 51.8 cm³/mol. The normalized spacial score (nSPS) is 21.2. The fourth-order valence-corrected chi connectivity index (χ4v) is 1.88. The SMILES string of the molecule is CC[C@H]1OB(C)c2ccccc21. The molecular formula is C10H13BO. The summed E-state index contributed by atoms with van der Waals surface area (Å²) in [5.41, 5.74) is 2.75. The lowest BCUT2D eigenvalue weighted by Crippen LogP contribution is -2.23. The first-order valence-corrected chi connectivity index (χ1v) is 4.57. The van der Waals surface area contributed by atoms with Crippen LogP contribution in [0.1, 0.15) is 25.0 Å². The molecule has 1 aromatic rings. The molecular weight excluding hydrogens is 147 g/mol. The van der Waals surface area contributed by atoms with Gasteiger partial charge in [0.25, 0.3) is 0 Å². The van der Waals surface area contributed by atoms with Gasteiger partial charge in [0.05, 0.1) is 6.10 Å². The van der Waals surface area contributed by atoms with E-state index in [-0.39, 0.29) is 6.92 Å². The van der Waals surface area contributed by atoms with E-state index in [0.717, 1.165) is 6.42 Å². The van der Waals surface area contributed by atoms with E-state index in [9.17, 15) is 0 Å². The number of hydrogen-bond acceptors (Lipinski definition) is 1. The van der Waals surface area contributed by atoms with Gasteiger partial charge in [-0.2, -0.15) is 0 Å². The Bertz CT molecular complexity index is 285. The van der Waals surface area contributed by atoms with Crippen molar-refractivity contribution in [2.45, 2.75) is 26.3 Å². The van der Waals surface area contributed by atoms with Crippen LogP contribution in [-0.4, -0.2) is 6.92 Å². The molecule has 0 bridgehead atoms. The minimum absolute atomic E-state index is 0.283. The Morgan fingerprint density at radius 2 is 2.17 bits per heavy atom. The van der Waals surface area contributed by atoms with Gasteiger partial charge in [0.15, 0.2) is 0 Å². The van der Waals surface area contributed by atoms with Gasteiger partial charge in [0.1, 0.15) is 0 Å². The van der Waals surface area contributed by atoms with Crippen molar-refractivity contribution in [2.75, 3.05) is 0 Å². The first kappa shape index (κ1) is 7.87. The monoisotopic (exact) mass is 160 g/mol. The van der Waals surface area contributed by atoms with Crippen LogP contribution in [-0.2, 0) is 4.65 Å². The molecule has 1 aliphatic heterocycles. The summed E-state index contributed by atoms with van der Waals surface area (Å²) in [5.74, 6) is 0. The smallest absolute Gasteiger partial charge is 0.324 e. The van der Waals surface area contributed by atoms with E-state index in [2.05, 4.69) is 38.0 Å². The summed E-state index contributed by atoms with van der Waals surface area (Å²) in [6.45, 7) is 4.57. The summed E-state index contributed by atoms with van der Waals surface area (Å²) in [6.07, 6.45) is 1.40. The standard InChI is InChI=1S/C10H13BO/c1-3-10-8-6-4-5-7-9(8)11(2)12-10/h4-7,10H,3H2,1-2H3/t10-/m1/s1. The molecule has 1 heterocycles. The molecule has 62 valence electrons. The van der Waals surface area contributed by atoms with E-state index in [0.29, 0.717) is 6.10 Å². The van der Waals surface area contributed by atoms with Crippen LogP contribution in [0.15, 0.2) is 24.3 Å². The Morgan fingerprint density at radius 3 is 2.92 bits per heavy atom. The quantitative estimate of drug-likeness (QED) is 0.571. The van der Waals surface area contributed by atoms with E-state index < -0.39 is 0 Å². The Balaban J connectivity index is 2.43. The molecule has 0 spiro atoms. The van der Waals surface area contributed by atoms with Gasteiger partial charge < -0.3 is 4.65 Å². The van der Waals surface area contributed by atoms with Crippen molar-refractivity contribution in [2.24, 2.45) is 0 Å². The summed E-state index contributed by atoms with van der Waals surface area (Å²) in [4.78, 5) is 0. The number of benzene rings is 1. The number of hydrogen-bond donors (Lipinski definition) is 0. The van der Waals surface area contributed by atoms with Gasteiger partial charge in [0, 0.05) is 0 Å². The van der Waals surface area contributed by atoms with Gasteiger partial charge in [-0.3, -0.25) is 0 Å². The van der Waals surface area contributed by atoms with Crippen molar-refractivity contribution in [3.05, 3.63) is 29.8 Å². The van der Waals surface area contributed by atoms with Crippen molar-refractivity contribution in [1.29, 1.82) is 0 Å². The van der Waals surface area contributed by atoms with Gasteiger partial charge in [-0.1, -0.05) is 38.0 Å². The maximum absolute atomic E-state index is 5.78. The van der Waals surface area contributed by atoms with E-state index in [1.165, 1.54) is 11.0 Å². The van der Waals surface area contributed by atoms with Crippen LogP contribution in [0.25, 0.3) is 0 Å². The minimum atomic E-state index is 0.283. The van der Waals surface area contributed by atoms with E-state index in [4.69, 9.17) is 4.65 Å². The van der Waals surface area contributed by atoms with Crippen LogP contribution in [0.4, 0.5) is 0 Å². The molecule has 0 saturated carbocycles. The molecule has 0 unspecified atom stereocenters. The van der Waals surface area contributed by atoms with Crippen LogP contribution >= 0.6 is 0 Å². The highest BCUT2D eigenvalue weighted by atomic mass is 16.5. The lowest BCUT2D eigenvalue weighted by Gasteiger charge is -2.08. The zero-order valence-electron chi connectivity index (χ0n) is 7.58. The average molecular weight is 160 g/mol. The van der Waals surface area contributed by atoms with Gasteiger partial charge >= 0.3 is 6.92 Å². The lowest BCUT2D eigenvalue weighted by molar-refractivity contribution is 0.221. The molecule has 0 aliphatic carbocycles. The number of fused-ring (bicyclic) bond motifs is 1. The molecule has 2 heteroatoms. The lowest BCUT2D eigenvalue weighted by atomic mass is 9.64. The van der Waals surface area contributed by atoms with E-state index in [1.807, 2.05) is 0 Å². The molecule has 0 fully saturated rings. The Hall–Kier alpha value is -0.755. The van der Waals surface area contributed by atoms with E-state index >= 15 is 0 Å². The van der Waals surface area contributed by atoms with E-state index in [1.54, 1.807) is 0 Å². The van der Waals surface area contributed by atoms with Crippen LogP contribution in [0.5, 0.6) is 0 Å². The fraction of sp³-hybridized carbons (Fsp3) is 0.400. The zero-order valence-corrected chi connectivity index (χ0v) is 7.58. The maximum atomic E-state index is 5.78. The zero-order chi connectivity index (χ0) is 8.55. The average Bonchev–Trinajstić information content (AvgIpc) is 2.44. The third-order valence-corrected chi connectivity index (χ3v) is 2.52. The van der Waals surface area contributed by atoms with Crippen molar-refractivity contribution >= 4 is 12.4 Å². The van der Waals surface area contributed by atoms with Gasteiger partial charge in [-0.25, -0.2) is 0 Å². The molecule has 2 rings (SSSR count). The first-order chi connectivity index (χ1) is 5.83. The highest BCUT2D eigenvalue weighted by Crippen LogP contribution is 2.26. The van der Waals surface area contributed by atoms with Crippen molar-refractivity contribution < 1.29 is 4.65 Å². The largest absolute Gasteiger partial charge is 0.424 e. The summed E-state index contributed by atoms with van der Waals surface area (Å²) in [5, 5.41) is 0. The Kier molecular flexibility index (Phi) is 1.93. The highest BCUT2D eigenvalue weighted by Gasteiger charge is 2.29. The molecule has 0 saturated heterocycles. The second-order valence-electron chi connectivity index (χ2n) is 3.30. The van der Waals surface area contributed by atoms with Crippen molar-refractivity contribution in [3.8, 4) is 0 Å². The molecule has 0 radical (unpaired) electrons. The fourth-order valence-electron chi connectivity index (χ4n) is 1.88.